The Kier molecular flexibility index (Phi) is 9.00. The highest BCUT2D eigenvalue weighted by atomic mass is 35.5. The fraction of sp³-hybridized carbons (Fsp3) is 0.200. The minimum absolute atomic E-state index is 0.201. The summed E-state index contributed by atoms with van der Waals surface area (Å²) in [5.74, 6) is 1.61. The number of rotatable bonds is 10. The first-order chi connectivity index (χ1) is 14.6. The second kappa shape index (κ2) is 11.9. The van der Waals surface area contributed by atoms with E-state index in [-0.39, 0.29) is 11.7 Å². The van der Waals surface area contributed by atoms with Crippen LogP contribution in [0.2, 0.25) is 5.02 Å². The summed E-state index contributed by atoms with van der Waals surface area (Å²) >= 11 is 10.3. The third-order valence-corrected chi connectivity index (χ3v) is 7.10. The molecule has 0 fully saturated rings. The number of hydrazone groups is 1. The standard InChI is InChI=1S/C20H19ClN4O2S3/c1-2-27-17-9-5-14(6-10-17)11-22-23-18(26)13-29-20-25-24-19(30-20)28-12-15-3-7-16(21)8-4-15/h3-11H,2,12-13H2,1H3,(H,23,26). The first kappa shape index (κ1) is 22.6. The van der Waals surface area contributed by atoms with Crippen molar-refractivity contribution in [3.05, 3.63) is 64.7 Å². The van der Waals surface area contributed by atoms with E-state index in [4.69, 9.17) is 16.3 Å². The molecule has 156 valence electrons. The quantitative estimate of drug-likeness (QED) is 0.247. The molecule has 1 heterocycles. The lowest BCUT2D eigenvalue weighted by Gasteiger charge is -2.02. The van der Waals surface area contributed by atoms with Crippen LogP contribution < -0.4 is 10.2 Å². The Morgan fingerprint density at radius 1 is 1.13 bits per heavy atom. The molecule has 10 heteroatoms. The van der Waals surface area contributed by atoms with Crippen LogP contribution in [0.5, 0.6) is 5.75 Å². The van der Waals surface area contributed by atoms with Crippen LogP contribution in [0.3, 0.4) is 0 Å². The highest BCUT2D eigenvalue weighted by Crippen LogP contribution is 2.30. The van der Waals surface area contributed by atoms with Crippen LogP contribution in [0.4, 0.5) is 0 Å². The first-order valence-electron chi connectivity index (χ1n) is 9.00. The third-order valence-electron chi connectivity index (χ3n) is 3.58. The van der Waals surface area contributed by atoms with E-state index in [1.165, 1.54) is 28.7 Å². The van der Waals surface area contributed by atoms with Crippen molar-refractivity contribution < 1.29 is 9.53 Å². The van der Waals surface area contributed by atoms with Crippen molar-refractivity contribution in [1.82, 2.24) is 15.6 Å². The average Bonchev–Trinajstić information content (AvgIpc) is 3.21. The summed E-state index contributed by atoms with van der Waals surface area (Å²) in [6.07, 6.45) is 1.59. The first-order valence-corrected chi connectivity index (χ1v) is 12.2. The van der Waals surface area contributed by atoms with Crippen LogP contribution in [0.1, 0.15) is 18.1 Å². The van der Waals surface area contributed by atoms with Crippen LogP contribution in [0.25, 0.3) is 0 Å². The summed E-state index contributed by atoms with van der Waals surface area (Å²) in [6.45, 7) is 2.56. The number of aromatic nitrogens is 2. The van der Waals surface area contributed by atoms with Crippen LogP contribution in [-0.4, -0.2) is 34.7 Å². The van der Waals surface area contributed by atoms with Gasteiger partial charge in [0.15, 0.2) is 8.68 Å². The molecule has 0 aliphatic heterocycles. The van der Waals surface area contributed by atoms with Gasteiger partial charge in [0.2, 0.25) is 0 Å². The number of ether oxygens (including phenoxy) is 1. The smallest absolute Gasteiger partial charge is 0.250 e. The molecule has 6 nitrogen and oxygen atoms in total. The summed E-state index contributed by atoms with van der Waals surface area (Å²) in [5, 5.41) is 13.0. The Balaban J connectivity index is 1.38. The van der Waals surface area contributed by atoms with Gasteiger partial charge in [0.05, 0.1) is 18.6 Å². The van der Waals surface area contributed by atoms with E-state index in [9.17, 15) is 4.79 Å². The van der Waals surface area contributed by atoms with Crippen molar-refractivity contribution >= 4 is 58.6 Å². The molecule has 1 aromatic heterocycles. The molecule has 0 unspecified atom stereocenters. The van der Waals surface area contributed by atoms with E-state index >= 15 is 0 Å². The largest absolute Gasteiger partial charge is 0.494 e. The molecule has 2 aromatic carbocycles. The number of benzene rings is 2. The van der Waals surface area contributed by atoms with Crippen molar-refractivity contribution in [2.75, 3.05) is 12.4 Å². The van der Waals surface area contributed by atoms with E-state index in [1.54, 1.807) is 18.0 Å². The predicted octanol–water partition coefficient (Wildman–Crippen LogP) is 5.12. The number of amides is 1. The van der Waals surface area contributed by atoms with Crippen LogP contribution >= 0.6 is 46.5 Å². The molecule has 0 spiro atoms. The van der Waals surface area contributed by atoms with Crippen LogP contribution in [-0.2, 0) is 10.5 Å². The number of nitrogens with one attached hydrogen (secondary N) is 1. The molecule has 0 saturated carbocycles. The van der Waals surface area contributed by atoms with Gasteiger partial charge in [0.25, 0.3) is 5.91 Å². The molecular formula is C20H19ClN4O2S3. The zero-order valence-electron chi connectivity index (χ0n) is 16.1. The van der Waals surface area contributed by atoms with Gasteiger partial charge >= 0.3 is 0 Å². The summed E-state index contributed by atoms with van der Waals surface area (Å²) in [5.41, 5.74) is 4.56. The minimum atomic E-state index is -0.201. The summed E-state index contributed by atoms with van der Waals surface area (Å²) in [6, 6.07) is 15.2. The fourth-order valence-electron chi connectivity index (χ4n) is 2.19. The van der Waals surface area contributed by atoms with E-state index in [0.29, 0.717) is 6.61 Å². The molecule has 3 rings (SSSR count). The number of hydrogen-bond donors (Lipinski definition) is 1. The molecule has 3 aromatic rings. The maximum atomic E-state index is 12.0. The molecule has 0 aliphatic carbocycles. The number of carbonyl (C=O) groups is 1. The van der Waals surface area contributed by atoms with Gasteiger partial charge in [-0.3, -0.25) is 4.79 Å². The Hall–Kier alpha value is -2.07. The van der Waals surface area contributed by atoms with Gasteiger partial charge in [-0.05, 0) is 54.4 Å². The number of nitrogens with zero attached hydrogens (tertiary/aromatic N) is 3. The molecule has 0 saturated heterocycles. The van der Waals surface area contributed by atoms with E-state index in [1.807, 2.05) is 55.5 Å². The second-order valence-electron chi connectivity index (χ2n) is 5.83. The predicted molar refractivity (Wildman–Crippen MR) is 125 cm³/mol. The number of hydrogen-bond acceptors (Lipinski definition) is 8. The van der Waals surface area contributed by atoms with Crippen molar-refractivity contribution in [3.8, 4) is 5.75 Å². The van der Waals surface area contributed by atoms with Crippen LogP contribution in [0, 0.1) is 0 Å². The third kappa shape index (κ3) is 7.64. The van der Waals surface area contributed by atoms with E-state index in [0.717, 1.165) is 30.8 Å². The zero-order chi connectivity index (χ0) is 21.2. The Morgan fingerprint density at radius 3 is 2.53 bits per heavy atom. The lowest BCUT2D eigenvalue weighted by molar-refractivity contribution is -0.118. The normalized spacial score (nSPS) is 11.0. The van der Waals surface area contributed by atoms with Gasteiger partial charge < -0.3 is 4.74 Å². The van der Waals surface area contributed by atoms with Gasteiger partial charge in [-0.15, -0.1) is 10.2 Å². The van der Waals surface area contributed by atoms with Crippen molar-refractivity contribution in [3.63, 3.8) is 0 Å². The highest BCUT2D eigenvalue weighted by Gasteiger charge is 2.08. The maximum Gasteiger partial charge on any atom is 0.250 e. The van der Waals surface area contributed by atoms with Crippen molar-refractivity contribution in [1.29, 1.82) is 0 Å². The lowest BCUT2D eigenvalue weighted by Crippen LogP contribution is -2.19. The average molecular weight is 479 g/mol. The minimum Gasteiger partial charge on any atom is -0.494 e. The Morgan fingerprint density at radius 2 is 1.83 bits per heavy atom. The van der Waals surface area contributed by atoms with Gasteiger partial charge in [-0.2, -0.15) is 5.10 Å². The molecule has 0 bridgehead atoms. The number of carbonyl (C=O) groups excluding carboxylic acids is 1. The van der Waals surface area contributed by atoms with Crippen LogP contribution in [0.15, 0.2) is 62.3 Å². The number of thioether (sulfide) groups is 2. The lowest BCUT2D eigenvalue weighted by atomic mass is 10.2. The molecule has 1 amide bonds. The van der Waals surface area contributed by atoms with E-state index < -0.39 is 0 Å². The topological polar surface area (TPSA) is 76.5 Å². The Labute approximate surface area is 192 Å². The van der Waals surface area contributed by atoms with Crippen molar-refractivity contribution in [2.24, 2.45) is 5.10 Å². The molecule has 1 N–H and O–H groups in total. The molecular weight excluding hydrogens is 460 g/mol. The van der Waals surface area contributed by atoms with E-state index in [2.05, 4.69) is 20.7 Å². The summed E-state index contributed by atoms with van der Waals surface area (Å²) in [4.78, 5) is 12.0. The molecule has 0 aliphatic rings. The van der Waals surface area contributed by atoms with Gasteiger partial charge in [0.1, 0.15) is 5.75 Å². The SMILES string of the molecule is CCOc1ccc(C=NNC(=O)CSc2nnc(SCc3ccc(Cl)cc3)s2)cc1. The molecule has 30 heavy (non-hydrogen) atoms. The second-order valence-corrected chi connectivity index (χ2v) is 9.69. The molecule has 0 atom stereocenters. The zero-order valence-corrected chi connectivity index (χ0v) is 19.3. The highest BCUT2D eigenvalue weighted by molar-refractivity contribution is 8.03. The van der Waals surface area contributed by atoms with Gasteiger partial charge in [-0.25, -0.2) is 5.43 Å². The fourth-order valence-corrected chi connectivity index (χ4v) is 5.09. The number of halogens is 1. The monoisotopic (exact) mass is 478 g/mol. The maximum absolute atomic E-state index is 12.0. The summed E-state index contributed by atoms with van der Waals surface area (Å²) < 4.78 is 7.00. The van der Waals surface area contributed by atoms with Crippen molar-refractivity contribution in [2.45, 2.75) is 21.4 Å². The summed E-state index contributed by atoms with van der Waals surface area (Å²) in [7, 11) is 0. The molecule has 0 radical (unpaired) electrons. The van der Waals surface area contributed by atoms with Gasteiger partial charge in [-0.1, -0.05) is 58.6 Å². The Bertz CT molecular complexity index is 978. The van der Waals surface area contributed by atoms with Gasteiger partial charge in [0, 0.05) is 10.8 Å².